The van der Waals surface area contributed by atoms with Gasteiger partial charge >= 0.3 is 0 Å². The third-order valence-electron chi connectivity index (χ3n) is 4.17. The third-order valence-corrected chi connectivity index (χ3v) is 4.67. The molecule has 5 nitrogen and oxygen atoms in total. The van der Waals surface area contributed by atoms with Crippen molar-refractivity contribution in [1.82, 2.24) is 20.4 Å². The van der Waals surface area contributed by atoms with E-state index in [1.165, 1.54) is 6.07 Å². The molecule has 1 aliphatic heterocycles. The van der Waals surface area contributed by atoms with Crippen molar-refractivity contribution >= 4 is 21.8 Å². The standard InChI is InChI=1S/C17H20BrFN4O/c18-13-3-4-15(19)12(10-13)5-8-21-17(24)16-6-9-23(22-16)14-2-1-7-20-11-14/h3-4,6,9-10,14,20H,1-2,5,7-8,11H2,(H,21,24). The second-order valence-electron chi connectivity index (χ2n) is 5.92. The summed E-state index contributed by atoms with van der Waals surface area (Å²) in [4.78, 5) is 12.2. The van der Waals surface area contributed by atoms with Gasteiger partial charge in [-0.15, -0.1) is 0 Å². The Kier molecular flexibility index (Phi) is 5.63. The number of amides is 1. The first kappa shape index (κ1) is 17.1. The van der Waals surface area contributed by atoms with Crippen LogP contribution < -0.4 is 10.6 Å². The topological polar surface area (TPSA) is 59.0 Å². The Labute approximate surface area is 148 Å². The number of hydrogen-bond acceptors (Lipinski definition) is 3. The van der Waals surface area contributed by atoms with E-state index in [9.17, 15) is 9.18 Å². The van der Waals surface area contributed by atoms with Crippen molar-refractivity contribution < 1.29 is 9.18 Å². The number of carbonyl (C=O) groups is 1. The minimum atomic E-state index is -0.262. The third kappa shape index (κ3) is 4.21. The van der Waals surface area contributed by atoms with Crippen LogP contribution in [-0.2, 0) is 6.42 Å². The number of nitrogens with zero attached hydrogens (tertiary/aromatic N) is 2. The molecule has 7 heteroatoms. The molecule has 1 unspecified atom stereocenters. The molecule has 2 aromatic rings. The van der Waals surface area contributed by atoms with Crippen LogP contribution in [0.1, 0.15) is 34.9 Å². The number of halogens is 2. The van der Waals surface area contributed by atoms with E-state index in [-0.39, 0.29) is 11.7 Å². The van der Waals surface area contributed by atoms with E-state index in [0.717, 1.165) is 30.4 Å². The Morgan fingerprint density at radius 3 is 3.12 bits per heavy atom. The Morgan fingerprint density at radius 1 is 1.46 bits per heavy atom. The Morgan fingerprint density at radius 2 is 2.33 bits per heavy atom. The van der Waals surface area contributed by atoms with Gasteiger partial charge in [-0.05, 0) is 55.6 Å². The van der Waals surface area contributed by atoms with Crippen LogP contribution in [-0.4, -0.2) is 35.3 Å². The number of benzene rings is 1. The minimum Gasteiger partial charge on any atom is -0.350 e. The molecule has 128 valence electrons. The molecule has 0 saturated carbocycles. The summed E-state index contributed by atoms with van der Waals surface area (Å²) < 4.78 is 16.4. The van der Waals surface area contributed by atoms with Gasteiger partial charge in [-0.25, -0.2) is 4.39 Å². The minimum absolute atomic E-state index is 0.229. The van der Waals surface area contributed by atoms with E-state index in [4.69, 9.17) is 0 Å². The average Bonchev–Trinajstić information content (AvgIpc) is 3.09. The molecule has 1 aliphatic rings. The van der Waals surface area contributed by atoms with Crippen molar-refractivity contribution in [3.8, 4) is 0 Å². The number of nitrogens with one attached hydrogen (secondary N) is 2. The van der Waals surface area contributed by atoms with Crippen LogP contribution >= 0.6 is 15.9 Å². The molecule has 0 radical (unpaired) electrons. The molecule has 0 bridgehead atoms. The van der Waals surface area contributed by atoms with Crippen molar-refractivity contribution in [2.75, 3.05) is 19.6 Å². The normalized spacial score (nSPS) is 17.7. The van der Waals surface area contributed by atoms with Crippen LogP contribution in [0.4, 0.5) is 4.39 Å². The fourth-order valence-corrected chi connectivity index (χ4v) is 3.27. The molecular formula is C17H20BrFN4O. The molecule has 2 heterocycles. The zero-order valence-electron chi connectivity index (χ0n) is 13.3. The molecule has 1 aromatic carbocycles. The summed E-state index contributed by atoms with van der Waals surface area (Å²) in [5.41, 5.74) is 0.971. The van der Waals surface area contributed by atoms with E-state index < -0.39 is 0 Å². The SMILES string of the molecule is O=C(NCCc1cc(Br)ccc1F)c1ccn(C2CCCNC2)n1. The predicted molar refractivity (Wildman–Crippen MR) is 93.5 cm³/mol. The number of rotatable bonds is 5. The summed E-state index contributed by atoms with van der Waals surface area (Å²) >= 11 is 3.32. The number of piperidine rings is 1. The van der Waals surface area contributed by atoms with Gasteiger partial charge < -0.3 is 10.6 Å². The summed E-state index contributed by atoms with van der Waals surface area (Å²) in [5, 5.41) is 10.5. The number of hydrogen-bond donors (Lipinski definition) is 2. The molecule has 2 N–H and O–H groups in total. The van der Waals surface area contributed by atoms with Crippen LogP contribution in [0.2, 0.25) is 0 Å². The lowest BCUT2D eigenvalue weighted by atomic mass is 10.1. The molecule has 1 aromatic heterocycles. The highest BCUT2D eigenvalue weighted by Crippen LogP contribution is 2.17. The Bertz CT molecular complexity index is 712. The van der Waals surface area contributed by atoms with Gasteiger partial charge in [-0.3, -0.25) is 9.48 Å². The highest BCUT2D eigenvalue weighted by molar-refractivity contribution is 9.10. The second kappa shape index (κ2) is 7.90. The molecule has 1 atom stereocenters. The van der Waals surface area contributed by atoms with Crippen LogP contribution in [0.3, 0.4) is 0 Å². The van der Waals surface area contributed by atoms with Crippen molar-refractivity contribution in [2.24, 2.45) is 0 Å². The lowest BCUT2D eigenvalue weighted by Crippen LogP contribution is -2.32. The smallest absolute Gasteiger partial charge is 0.271 e. The summed E-state index contributed by atoms with van der Waals surface area (Å²) in [6, 6.07) is 6.83. The van der Waals surface area contributed by atoms with Gasteiger partial charge in [0.05, 0.1) is 6.04 Å². The highest BCUT2D eigenvalue weighted by Gasteiger charge is 2.17. The Hall–Kier alpha value is -1.73. The van der Waals surface area contributed by atoms with E-state index in [1.807, 2.05) is 10.9 Å². The number of aromatic nitrogens is 2. The highest BCUT2D eigenvalue weighted by atomic mass is 79.9. The number of carbonyl (C=O) groups excluding carboxylic acids is 1. The molecule has 0 aliphatic carbocycles. The second-order valence-corrected chi connectivity index (χ2v) is 6.84. The summed E-state index contributed by atoms with van der Waals surface area (Å²) in [7, 11) is 0. The first-order chi connectivity index (χ1) is 11.6. The average molecular weight is 395 g/mol. The van der Waals surface area contributed by atoms with Gasteiger partial charge in [0.1, 0.15) is 11.5 Å². The quantitative estimate of drug-likeness (QED) is 0.819. The Balaban J connectivity index is 1.53. The summed E-state index contributed by atoms with van der Waals surface area (Å²) in [6.45, 7) is 2.28. The molecule has 24 heavy (non-hydrogen) atoms. The predicted octanol–water partition coefficient (Wildman–Crippen LogP) is 2.68. The lowest BCUT2D eigenvalue weighted by Gasteiger charge is -2.22. The largest absolute Gasteiger partial charge is 0.350 e. The van der Waals surface area contributed by atoms with E-state index in [0.29, 0.717) is 30.3 Å². The van der Waals surface area contributed by atoms with Gasteiger partial charge in [0.25, 0.3) is 5.91 Å². The molecule has 1 amide bonds. The van der Waals surface area contributed by atoms with Crippen LogP contribution in [0.15, 0.2) is 34.9 Å². The summed E-state index contributed by atoms with van der Waals surface area (Å²) in [6.07, 6.45) is 4.47. The van der Waals surface area contributed by atoms with Crippen LogP contribution in [0, 0.1) is 5.82 Å². The first-order valence-corrected chi connectivity index (χ1v) is 8.91. The maximum Gasteiger partial charge on any atom is 0.271 e. The van der Waals surface area contributed by atoms with Crippen LogP contribution in [0.25, 0.3) is 0 Å². The van der Waals surface area contributed by atoms with E-state index in [2.05, 4.69) is 31.7 Å². The fraction of sp³-hybridized carbons (Fsp3) is 0.412. The van der Waals surface area contributed by atoms with Crippen molar-refractivity contribution in [3.05, 3.63) is 52.0 Å². The van der Waals surface area contributed by atoms with Gasteiger partial charge in [-0.1, -0.05) is 15.9 Å². The maximum atomic E-state index is 13.7. The molecular weight excluding hydrogens is 375 g/mol. The van der Waals surface area contributed by atoms with E-state index in [1.54, 1.807) is 18.2 Å². The maximum absolute atomic E-state index is 13.7. The van der Waals surface area contributed by atoms with Crippen LogP contribution in [0.5, 0.6) is 0 Å². The van der Waals surface area contributed by atoms with E-state index >= 15 is 0 Å². The first-order valence-electron chi connectivity index (χ1n) is 8.11. The van der Waals surface area contributed by atoms with Crippen molar-refractivity contribution in [3.63, 3.8) is 0 Å². The molecule has 0 spiro atoms. The zero-order valence-corrected chi connectivity index (χ0v) is 14.9. The monoisotopic (exact) mass is 394 g/mol. The van der Waals surface area contributed by atoms with Crippen molar-refractivity contribution in [1.29, 1.82) is 0 Å². The van der Waals surface area contributed by atoms with Gasteiger partial charge in [-0.2, -0.15) is 5.10 Å². The molecule has 3 rings (SSSR count). The lowest BCUT2D eigenvalue weighted by molar-refractivity contribution is 0.0947. The van der Waals surface area contributed by atoms with Gasteiger partial charge in [0.2, 0.25) is 0 Å². The summed E-state index contributed by atoms with van der Waals surface area (Å²) in [5.74, 6) is -0.491. The molecule has 1 fully saturated rings. The van der Waals surface area contributed by atoms with Gasteiger partial charge in [0.15, 0.2) is 0 Å². The molecule has 1 saturated heterocycles. The van der Waals surface area contributed by atoms with Crippen molar-refractivity contribution in [2.45, 2.75) is 25.3 Å². The van der Waals surface area contributed by atoms with Gasteiger partial charge in [0, 0.05) is 23.8 Å². The zero-order chi connectivity index (χ0) is 16.9. The fourth-order valence-electron chi connectivity index (χ4n) is 2.86.